The van der Waals surface area contributed by atoms with Crippen molar-refractivity contribution in [3.63, 3.8) is 0 Å². The van der Waals surface area contributed by atoms with Gasteiger partial charge in [-0.25, -0.2) is 4.98 Å². The fourth-order valence-corrected chi connectivity index (χ4v) is 3.10. The van der Waals surface area contributed by atoms with E-state index < -0.39 is 17.8 Å². The van der Waals surface area contributed by atoms with E-state index in [4.69, 9.17) is 16.1 Å². The van der Waals surface area contributed by atoms with Gasteiger partial charge in [0.15, 0.2) is 0 Å². The normalized spacial score (nSPS) is 21.5. The van der Waals surface area contributed by atoms with Crippen LogP contribution in [0.1, 0.15) is 17.0 Å². The van der Waals surface area contributed by atoms with E-state index in [0.717, 1.165) is 18.0 Å². The van der Waals surface area contributed by atoms with Crippen LogP contribution in [0.15, 0.2) is 22.9 Å². The van der Waals surface area contributed by atoms with Crippen LogP contribution in [0.5, 0.6) is 0 Å². The van der Waals surface area contributed by atoms with E-state index in [0.29, 0.717) is 18.7 Å². The van der Waals surface area contributed by atoms with Crippen LogP contribution in [0.2, 0.25) is 5.02 Å². The molecule has 24 heavy (non-hydrogen) atoms. The highest BCUT2D eigenvalue weighted by atomic mass is 35.5. The molecule has 1 saturated heterocycles. The van der Waals surface area contributed by atoms with E-state index in [2.05, 4.69) is 10.1 Å². The Kier molecular flexibility index (Phi) is 4.44. The highest BCUT2D eigenvalue weighted by Crippen LogP contribution is 2.35. The van der Waals surface area contributed by atoms with Gasteiger partial charge in [-0.1, -0.05) is 16.8 Å². The lowest BCUT2D eigenvalue weighted by atomic mass is 10.0. The Balaban J connectivity index is 1.74. The summed E-state index contributed by atoms with van der Waals surface area (Å²) in [4.78, 5) is 5.52. The van der Waals surface area contributed by atoms with Crippen LogP contribution in [-0.2, 0) is 12.6 Å². The largest absolute Gasteiger partial charge is 0.417 e. The van der Waals surface area contributed by atoms with E-state index in [1.54, 1.807) is 17.9 Å². The second-order valence-corrected chi connectivity index (χ2v) is 6.31. The Hall–Kier alpha value is -1.80. The van der Waals surface area contributed by atoms with E-state index in [1.807, 2.05) is 0 Å². The summed E-state index contributed by atoms with van der Waals surface area (Å²) in [6, 6.07) is 2.64. The minimum atomic E-state index is -4.49. The Bertz CT molecular complexity index is 735. The van der Waals surface area contributed by atoms with Crippen LogP contribution in [0.3, 0.4) is 0 Å². The average molecular weight is 362 g/mol. The van der Waals surface area contributed by atoms with Gasteiger partial charge in [0, 0.05) is 37.7 Å². The quantitative estimate of drug-likeness (QED) is 0.910. The Labute approximate surface area is 141 Å². The number of pyridine rings is 1. The molecule has 0 amide bonds. The summed E-state index contributed by atoms with van der Waals surface area (Å²) in [7, 11) is 0. The van der Waals surface area contributed by atoms with Gasteiger partial charge in [-0.05, 0) is 13.0 Å². The van der Waals surface area contributed by atoms with Gasteiger partial charge < -0.3 is 14.5 Å². The summed E-state index contributed by atoms with van der Waals surface area (Å²) in [6.07, 6.45) is -3.92. The standard InChI is InChI=1S/C15H15ClF3N3O2/c1-8-2-11(24-21-8)3-9-6-22(7-13(9)23)14-12(16)4-10(5-20-14)15(17,18)19/h2,4-5,9,13,23H,3,6-7H2,1H3/t9-,13+/m1/s1. The van der Waals surface area contributed by atoms with E-state index >= 15 is 0 Å². The topological polar surface area (TPSA) is 62.4 Å². The lowest BCUT2D eigenvalue weighted by molar-refractivity contribution is -0.137. The molecule has 0 radical (unpaired) electrons. The molecule has 3 heterocycles. The number of nitrogens with zero attached hydrogens (tertiary/aromatic N) is 3. The molecule has 0 aliphatic carbocycles. The molecule has 0 bridgehead atoms. The first-order valence-corrected chi connectivity index (χ1v) is 7.70. The third kappa shape index (κ3) is 3.49. The van der Waals surface area contributed by atoms with Crippen LogP contribution in [-0.4, -0.2) is 34.4 Å². The summed E-state index contributed by atoms with van der Waals surface area (Å²) < 4.78 is 43.2. The van der Waals surface area contributed by atoms with Crippen molar-refractivity contribution in [2.45, 2.75) is 25.6 Å². The van der Waals surface area contributed by atoms with Crippen molar-refractivity contribution < 1.29 is 22.8 Å². The highest BCUT2D eigenvalue weighted by molar-refractivity contribution is 6.33. The first-order valence-electron chi connectivity index (χ1n) is 7.32. The molecule has 5 nitrogen and oxygen atoms in total. The molecular formula is C15H15ClF3N3O2. The van der Waals surface area contributed by atoms with E-state index in [-0.39, 0.29) is 23.3 Å². The molecule has 9 heteroatoms. The smallest absolute Gasteiger partial charge is 0.391 e. The van der Waals surface area contributed by atoms with E-state index in [1.165, 1.54) is 0 Å². The number of aryl methyl sites for hydroxylation is 1. The predicted molar refractivity (Wildman–Crippen MR) is 80.9 cm³/mol. The fourth-order valence-electron chi connectivity index (χ4n) is 2.82. The molecule has 1 aliphatic rings. The molecule has 3 rings (SSSR count). The van der Waals surface area contributed by atoms with Gasteiger partial charge in [0.1, 0.15) is 11.6 Å². The first kappa shape index (κ1) is 17.0. The van der Waals surface area contributed by atoms with Crippen LogP contribution in [0, 0.1) is 12.8 Å². The maximum absolute atomic E-state index is 12.7. The lowest BCUT2D eigenvalue weighted by Crippen LogP contribution is -2.23. The molecule has 1 aliphatic heterocycles. The SMILES string of the molecule is Cc1cc(C[C@@H]2CN(c3ncc(C(F)(F)F)cc3Cl)C[C@@H]2O)on1. The molecule has 0 spiro atoms. The lowest BCUT2D eigenvalue weighted by Gasteiger charge is -2.19. The third-order valence-electron chi connectivity index (χ3n) is 4.00. The second kappa shape index (κ2) is 6.25. The number of aliphatic hydroxyl groups excluding tert-OH is 1. The maximum Gasteiger partial charge on any atom is 0.417 e. The molecule has 0 unspecified atom stereocenters. The number of halogens is 4. The predicted octanol–water partition coefficient (Wildman–Crippen LogP) is 3.09. The zero-order valence-corrected chi connectivity index (χ0v) is 13.5. The number of hydrogen-bond donors (Lipinski definition) is 1. The summed E-state index contributed by atoms with van der Waals surface area (Å²) in [5.41, 5.74) is -0.147. The molecule has 2 aromatic rings. The Morgan fingerprint density at radius 1 is 1.38 bits per heavy atom. The fraction of sp³-hybridized carbons (Fsp3) is 0.467. The summed E-state index contributed by atoms with van der Waals surface area (Å²) in [5, 5.41) is 13.9. The molecule has 130 valence electrons. The van der Waals surface area contributed by atoms with Crippen molar-refractivity contribution in [2.75, 3.05) is 18.0 Å². The van der Waals surface area contributed by atoms with Gasteiger partial charge in [-0.15, -0.1) is 0 Å². The van der Waals surface area contributed by atoms with Crippen LogP contribution < -0.4 is 4.90 Å². The summed E-state index contributed by atoms with van der Waals surface area (Å²) in [5.74, 6) is 0.752. The molecular weight excluding hydrogens is 347 g/mol. The number of alkyl halides is 3. The monoisotopic (exact) mass is 361 g/mol. The van der Waals surface area contributed by atoms with Gasteiger partial charge in [0.25, 0.3) is 0 Å². The summed E-state index contributed by atoms with van der Waals surface area (Å²) in [6.45, 7) is 2.46. The van der Waals surface area contributed by atoms with Gasteiger partial charge in [0.05, 0.1) is 22.4 Å². The summed E-state index contributed by atoms with van der Waals surface area (Å²) >= 11 is 5.96. The highest BCUT2D eigenvalue weighted by Gasteiger charge is 2.36. The molecule has 2 aromatic heterocycles. The minimum Gasteiger partial charge on any atom is -0.391 e. The molecule has 2 atom stereocenters. The average Bonchev–Trinajstić information content (AvgIpc) is 3.05. The van der Waals surface area contributed by atoms with Crippen molar-refractivity contribution >= 4 is 17.4 Å². The number of rotatable bonds is 3. The van der Waals surface area contributed by atoms with Crippen molar-refractivity contribution in [2.24, 2.45) is 5.92 Å². The van der Waals surface area contributed by atoms with Crippen LogP contribution in [0.4, 0.5) is 19.0 Å². The molecule has 0 aromatic carbocycles. The molecule has 1 fully saturated rings. The zero-order chi connectivity index (χ0) is 17.5. The number of aliphatic hydroxyl groups is 1. The van der Waals surface area contributed by atoms with Gasteiger partial charge >= 0.3 is 6.18 Å². The van der Waals surface area contributed by atoms with Crippen molar-refractivity contribution in [3.8, 4) is 0 Å². The molecule has 0 saturated carbocycles. The van der Waals surface area contributed by atoms with Crippen molar-refractivity contribution in [1.29, 1.82) is 0 Å². The van der Waals surface area contributed by atoms with Gasteiger partial charge in [0.2, 0.25) is 0 Å². The van der Waals surface area contributed by atoms with Gasteiger partial charge in [-0.2, -0.15) is 13.2 Å². The van der Waals surface area contributed by atoms with Crippen molar-refractivity contribution in [3.05, 3.63) is 40.4 Å². The third-order valence-corrected chi connectivity index (χ3v) is 4.27. The second-order valence-electron chi connectivity index (χ2n) is 5.90. The van der Waals surface area contributed by atoms with Crippen LogP contribution in [0.25, 0.3) is 0 Å². The number of hydrogen-bond acceptors (Lipinski definition) is 5. The zero-order valence-electron chi connectivity index (χ0n) is 12.7. The van der Waals surface area contributed by atoms with Crippen molar-refractivity contribution in [1.82, 2.24) is 10.1 Å². The minimum absolute atomic E-state index is 0.0896. The van der Waals surface area contributed by atoms with Crippen LogP contribution >= 0.6 is 11.6 Å². The van der Waals surface area contributed by atoms with E-state index in [9.17, 15) is 18.3 Å². The van der Waals surface area contributed by atoms with Gasteiger partial charge in [-0.3, -0.25) is 0 Å². The number of β-amino-alcohol motifs (C(OH)–C–C–N with tert-alkyl or cyclic N) is 1. The maximum atomic E-state index is 12.7. The Morgan fingerprint density at radius 2 is 2.12 bits per heavy atom. The Morgan fingerprint density at radius 3 is 2.71 bits per heavy atom. The number of anilines is 1. The number of aromatic nitrogens is 2. The molecule has 1 N–H and O–H groups in total. The first-order chi connectivity index (χ1) is 11.2.